The van der Waals surface area contributed by atoms with Crippen LogP contribution in [0.3, 0.4) is 0 Å². The minimum absolute atomic E-state index is 0.377. The van der Waals surface area contributed by atoms with E-state index in [1.54, 1.807) is 0 Å². The third-order valence-corrected chi connectivity index (χ3v) is 1.58. The van der Waals surface area contributed by atoms with Crippen molar-refractivity contribution in [1.82, 2.24) is 40.4 Å². The van der Waals surface area contributed by atoms with E-state index in [4.69, 9.17) is 0 Å². The predicted molar refractivity (Wildman–Crippen MR) is 51.2 cm³/mol. The van der Waals surface area contributed by atoms with Crippen molar-refractivity contribution in [1.29, 1.82) is 0 Å². The summed E-state index contributed by atoms with van der Waals surface area (Å²) in [6.45, 7) is 7.01. The summed E-state index contributed by atoms with van der Waals surface area (Å²) in [6.07, 6.45) is 3.27. The van der Waals surface area contributed by atoms with Gasteiger partial charge in [0.05, 0.1) is 6.42 Å². The van der Waals surface area contributed by atoms with Crippen LogP contribution in [-0.4, -0.2) is 40.4 Å². The van der Waals surface area contributed by atoms with Crippen LogP contribution in [0.4, 0.5) is 0 Å². The molecule has 76 valence electrons. The highest BCUT2D eigenvalue weighted by Crippen LogP contribution is 1.96. The molecular formula is C7H8N8. The molecule has 0 amide bonds. The van der Waals surface area contributed by atoms with E-state index < -0.39 is 0 Å². The molecule has 2 aromatic heterocycles. The van der Waals surface area contributed by atoms with Crippen LogP contribution in [-0.2, 0) is 6.42 Å². The van der Waals surface area contributed by atoms with E-state index in [1.165, 1.54) is 22.0 Å². The maximum absolute atomic E-state index is 3.99. The molecule has 15 heavy (non-hydrogen) atoms. The van der Waals surface area contributed by atoms with Gasteiger partial charge in [0, 0.05) is 12.4 Å². The molecule has 0 fully saturated rings. The molecule has 0 unspecified atom stereocenters. The van der Waals surface area contributed by atoms with Gasteiger partial charge in [0.15, 0.2) is 11.6 Å². The molecule has 8 nitrogen and oxygen atoms in total. The number of tetrazole rings is 2. The summed E-state index contributed by atoms with van der Waals surface area (Å²) in [6, 6.07) is 0. The molecule has 2 aromatic rings. The number of hydrogen-bond donors (Lipinski definition) is 0. The molecule has 0 bridgehead atoms. The minimum atomic E-state index is 0.377. The Balaban J connectivity index is 2.13. The van der Waals surface area contributed by atoms with E-state index in [9.17, 15) is 0 Å². The Morgan fingerprint density at radius 3 is 1.73 bits per heavy atom. The molecule has 2 heterocycles. The zero-order valence-corrected chi connectivity index (χ0v) is 7.85. The highest BCUT2D eigenvalue weighted by molar-refractivity contribution is 5.10. The van der Waals surface area contributed by atoms with Crippen molar-refractivity contribution in [2.24, 2.45) is 0 Å². The van der Waals surface area contributed by atoms with E-state index in [1.807, 2.05) is 0 Å². The fourth-order valence-corrected chi connectivity index (χ4v) is 0.949. The Labute approximate surface area is 84.9 Å². The Hall–Kier alpha value is -2.38. The first-order valence-electron chi connectivity index (χ1n) is 4.13. The van der Waals surface area contributed by atoms with Gasteiger partial charge in [-0.05, 0) is 10.4 Å². The van der Waals surface area contributed by atoms with Crippen LogP contribution >= 0.6 is 0 Å². The van der Waals surface area contributed by atoms with Crippen LogP contribution in [0, 0.1) is 0 Å². The maximum atomic E-state index is 3.99. The molecule has 8 heteroatoms. The largest absolute Gasteiger partial charge is 0.182 e. The fourth-order valence-electron chi connectivity index (χ4n) is 0.949. The lowest BCUT2D eigenvalue weighted by molar-refractivity contribution is 0.756. The Kier molecular flexibility index (Phi) is 2.31. The topological polar surface area (TPSA) is 87.2 Å². The van der Waals surface area contributed by atoms with Gasteiger partial charge < -0.3 is 0 Å². The van der Waals surface area contributed by atoms with Gasteiger partial charge in [0.1, 0.15) is 0 Å². The number of hydrogen-bond acceptors (Lipinski definition) is 6. The molecule has 2 rings (SSSR count). The van der Waals surface area contributed by atoms with E-state index in [-0.39, 0.29) is 0 Å². The summed E-state index contributed by atoms with van der Waals surface area (Å²) in [5, 5.41) is 23.0. The second-order valence-electron chi connectivity index (χ2n) is 2.59. The number of nitrogens with zero attached hydrogens (tertiary/aromatic N) is 8. The molecule has 0 saturated heterocycles. The first-order chi connectivity index (χ1) is 7.31. The van der Waals surface area contributed by atoms with Crippen LogP contribution in [0.15, 0.2) is 13.2 Å². The quantitative estimate of drug-likeness (QED) is 0.664. The van der Waals surface area contributed by atoms with Gasteiger partial charge in [-0.15, -0.1) is 30.0 Å². The number of aromatic nitrogens is 8. The molecule has 0 aromatic carbocycles. The molecule has 0 aliphatic rings. The minimum Gasteiger partial charge on any atom is -0.139 e. The van der Waals surface area contributed by atoms with Crippen LogP contribution in [0.5, 0.6) is 0 Å². The monoisotopic (exact) mass is 204 g/mol. The standard InChI is InChI=1S/C7H8N8/c1-3-14-10-6(8-12-14)5-7-9-13-15(4-2)11-7/h3-4H,1-2,5H2. The summed E-state index contributed by atoms with van der Waals surface area (Å²) >= 11 is 0. The number of rotatable bonds is 4. The van der Waals surface area contributed by atoms with Crippen LogP contribution in [0.1, 0.15) is 11.6 Å². The third kappa shape index (κ3) is 1.93. The second-order valence-corrected chi connectivity index (χ2v) is 2.59. The lowest BCUT2D eigenvalue weighted by Gasteiger charge is -1.85. The highest BCUT2D eigenvalue weighted by atomic mass is 15.6. The third-order valence-electron chi connectivity index (χ3n) is 1.58. The molecule has 0 radical (unpaired) electrons. The Morgan fingerprint density at radius 1 is 0.933 bits per heavy atom. The van der Waals surface area contributed by atoms with Gasteiger partial charge in [-0.1, -0.05) is 13.2 Å². The zero-order valence-electron chi connectivity index (χ0n) is 7.85. The van der Waals surface area contributed by atoms with Crippen molar-refractivity contribution < 1.29 is 0 Å². The van der Waals surface area contributed by atoms with Crippen molar-refractivity contribution >= 4 is 12.4 Å². The van der Waals surface area contributed by atoms with Crippen LogP contribution < -0.4 is 0 Å². The maximum Gasteiger partial charge on any atom is 0.182 e. The molecular weight excluding hydrogens is 196 g/mol. The molecule has 0 aliphatic carbocycles. The first kappa shape index (κ1) is 9.19. The molecule has 0 spiro atoms. The summed E-state index contributed by atoms with van der Waals surface area (Å²) in [4.78, 5) is 2.54. The van der Waals surface area contributed by atoms with E-state index in [2.05, 4.69) is 44.0 Å². The van der Waals surface area contributed by atoms with Gasteiger partial charge in [-0.2, -0.15) is 0 Å². The smallest absolute Gasteiger partial charge is 0.139 e. The van der Waals surface area contributed by atoms with Gasteiger partial charge in [0.2, 0.25) is 0 Å². The molecule has 0 saturated carbocycles. The zero-order chi connectivity index (χ0) is 10.7. The van der Waals surface area contributed by atoms with E-state index >= 15 is 0 Å². The average molecular weight is 204 g/mol. The van der Waals surface area contributed by atoms with Gasteiger partial charge in [-0.25, -0.2) is 0 Å². The van der Waals surface area contributed by atoms with Crippen LogP contribution in [0.2, 0.25) is 0 Å². The van der Waals surface area contributed by atoms with Gasteiger partial charge >= 0.3 is 0 Å². The summed E-state index contributed by atoms with van der Waals surface area (Å²) in [5.74, 6) is 1.03. The van der Waals surface area contributed by atoms with Crippen molar-refractivity contribution in [3.63, 3.8) is 0 Å². The predicted octanol–water partition coefficient (Wildman–Crippen LogP) is -0.549. The highest BCUT2D eigenvalue weighted by Gasteiger charge is 2.07. The van der Waals surface area contributed by atoms with Crippen LogP contribution in [0.25, 0.3) is 12.4 Å². The fraction of sp³-hybridized carbons (Fsp3) is 0.143. The second kappa shape index (κ2) is 3.78. The molecule has 0 aliphatic heterocycles. The lowest BCUT2D eigenvalue weighted by atomic mass is 10.4. The van der Waals surface area contributed by atoms with Crippen molar-refractivity contribution in [2.75, 3.05) is 0 Å². The molecule has 0 N–H and O–H groups in total. The van der Waals surface area contributed by atoms with Crippen molar-refractivity contribution in [2.45, 2.75) is 6.42 Å². The van der Waals surface area contributed by atoms with Gasteiger partial charge in [0.25, 0.3) is 0 Å². The average Bonchev–Trinajstić information content (AvgIpc) is 2.87. The lowest BCUT2D eigenvalue weighted by Crippen LogP contribution is -1.96. The Bertz CT molecular complexity index is 436. The van der Waals surface area contributed by atoms with Gasteiger partial charge in [-0.3, -0.25) is 0 Å². The van der Waals surface area contributed by atoms with E-state index in [0.29, 0.717) is 18.1 Å². The molecule has 0 atom stereocenters. The first-order valence-corrected chi connectivity index (χ1v) is 4.13. The SMILES string of the molecule is C=Cn1nnc(Cc2nnn(C=C)n2)n1. The normalized spacial score (nSPS) is 10.1. The summed E-state index contributed by atoms with van der Waals surface area (Å²) in [5.41, 5.74) is 0. The summed E-state index contributed by atoms with van der Waals surface area (Å²) in [7, 11) is 0. The van der Waals surface area contributed by atoms with E-state index in [0.717, 1.165) is 0 Å². The van der Waals surface area contributed by atoms with Crippen molar-refractivity contribution in [3.8, 4) is 0 Å². The van der Waals surface area contributed by atoms with Crippen molar-refractivity contribution in [3.05, 3.63) is 24.8 Å². The Morgan fingerprint density at radius 2 is 1.40 bits per heavy atom. The summed E-state index contributed by atoms with van der Waals surface area (Å²) < 4.78 is 0.